The third-order valence-electron chi connectivity index (χ3n) is 4.80. The highest BCUT2D eigenvalue weighted by atomic mass is 19.1. The van der Waals surface area contributed by atoms with E-state index in [1.54, 1.807) is 30.9 Å². The van der Waals surface area contributed by atoms with Crippen molar-refractivity contribution in [1.29, 1.82) is 0 Å². The highest BCUT2D eigenvalue weighted by molar-refractivity contribution is 5.94. The van der Waals surface area contributed by atoms with Gasteiger partial charge in [0.2, 0.25) is 6.10 Å². The van der Waals surface area contributed by atoms with Crippen LogP contribution in [-0.2, 0) is 9.63 Å². The molecule has 1 atom stereocenters. The lowest BCUT2D eigenvalue weighted by Gasteiger charge is -2.27. The predicted octanol–water partition coefficient (Wildman–Crippen LogP) is 4.16. The van der Waals surface area contributed by atoms with Gasteiger partial charge in [0, 0.05) is 37.3 Å². The molecule has 1 unspecified atom stereocenters. The van der Waals surface area contributed by atoms with Crippen LogP contribution >= 0.6 is 0 Å². The van der Waals surface area contributed by atoms with Crippen molar-refractivity contribution in [2.75, 3.05) is 23.7 Å². The minimum Gasteiger partial charge on any atom is -0.383 e. The van der Waals surface area contributed by atoms with Gasteiger partial charge < -0.3 is 20.4 Å². The molecule has 7 nitrogen and oxygen atoms in total. The van der Waals surface area contributed by atoms with Crippen molar-refractivity contribution in [2.45, 2.75) is 32.8 Å². The van der Waals surface area contributed by atoms with E-state index in [0.29, 0.717) is 37.2 Å². The summed E-state index contributed by atoms with van der Waals surface area (Å²) >= 11 is 0. The smallest absolute Gasteiger partial charge is 0.321 e. The van der Waals surface area contributed by atoms with Crippen molar-refractivity contribution >= 4 is 29.0 Å². The Morgan fingerprint density at radius 1 is 1.07 bits per heavy atom. The molecule has 1 heterocycles. The molecule has 8 heteroatoms. The van der Waals surface area contributed by atoms with E-state index in [1.807, 2.05) is 30.3 Å². The van der Waals surface area contributed by atoms with Crippen molar-refractivity contribution in [3.63, 3.8) is 0 Å². The zero-order valence-electron chi connectivity index (χ0n) is 17.0. The molecule has 2 aromatic carbocycles. The summed E-state index contributed by atoms with van der Waals surface area (Å²) in [4.78, 5) is 31.6. The number of amides is 3. The van der Waals surface area contributed by atoms with Gasteiger partial charge in [0.05, 0.1) is 5.71 Å². The summed E-state index contributed by atoms with van der Waals surface area (Å²) in [7, 11) is 0. The van der Waals surface area contributed by atoms with E-state index in [9.17, 15) is 14.0 Å². The lowest BCUT2D eigenvalue weighted by Crippen LogP contribution is -2.41. The van der Waals surface area contributed by atoms with E-state index in [-0.39, 0.29) is 11.8 Å². The number of piperidine rings is 1. The number of carbonyl (C=O) groups is 2. The molecule has 0 bridgehead atoms. The van der Waals surface area contributed by atoms with Crippen LogP contribution in [0.1, 0.15) is 25.3 Å². The molecule has 2 aromatic rings. The Morgan fingerprint density at radius 3 is 2.43 bits per heavy atom. The van der Waals surface area contributed by atoms with Crippen molar-refractivity contribution < 1.29 is 18.8 Å². The van der Waals surface area contributed by atoms with Gasteiger partial charge in [0.25, 0.3) is 5.91 Å². The Morgan fingerprint density at radius 2 is 1.77 bits per heavy atom. The third kappa shape index (κ3) is 5.79. The number of hydrogen-bond donors (Lipinski definition) is 2. The summed E-state index contributed by atoms with van der Waals surface area (Å²) in [5.41, 5.74) is 2.41. The van der Waals surface area contributed by atoms with E-state index in [1.165, 1.54) is 6.07 Å². The number of oxime groups is 1. The van der Waals surface area contributed by atoms with Gasteiger partial charge in [0.1, 0.15) is 5.82 Å². The van der Waals surface area contributed by atoms with Gasteiger partial charge in [-0.3, -0.25) is 4.79 Å². The van der Waals surface area contributed by atoms with E-state index in [4.69, 9.17) is 4.84 Å². The molecule has 0 radical (unpaired) electrons. The Hall–Kier alpha value is -3.42. The van der Waals surface area contributed by atoms with Crippen LogP contribution in [0, 0.1) is 12.7 Å². The summed E-state index contributed by atoms with van der Waals surface area (Å²) in [6, 6.07) is 13.6. The van der Waals surface area contributed by atoms with Crippen molar-refractivity contribution in [3.05, 3.63) is 59.9 Å². The zero-order valence-corrected chi connectivity index (χ0v) is 17.0. The molecule has 1 fully saturated rings. The number of benzene rings is 2. The molecule has 3 amide bonds. The standard InChI is InChI=1S/C22H25FN4O3/c1-15-8-9-19(14-20(15)23)24-21(28)16(2)30-26-18-10-12-27(13-11-18)22(29)25-17-6-4-3-5-7-17/h3-9,14,16H,10-13H2,1-2H3,(H,24,28)(H,25,29). The maximum atomic E-state index is 13.6. The molecule has 30 heavy (non-hydrogen) atoms. The summed E-state index contributed by atoms with van der Waals surface area (Å²) in [6.45, 7) is 4.26. The molecule has 0 aromatic heterocycles. The SMILES string of the molecule is Cc1ccc(NC(=O)C(C)ON=C2CCN(C(=O)Nc3ccccc3)CC2)cc1F. The molecule has 0 aliphatic carbocycles. The van der Waals surface area contributed by atoms with Crippen molar-refractivity contribution in [2.24, 2.45) is 5.16 Å². The third-order valence-corrected chi connectivity index (χ3v) is 4.80. The monoisotopic (exact) mass is 412 g/mol. The molecule has 158 valence electrons. The van der Waals surface area contributed by atoms with E-state index in [0.717, 1.165) is 11.4 Å². The van der Waals surface area contributed by atoms with Crippen LogP contribution in [0.2, 0.25) is 0 Å². The number of para-hydroxylation sites is 1. The fourth-order valence-electron chi connectivity index (χ4n) is 2.90. The van der Waals surface area contributed by atoms with Gasteiger partial charge in [-0.05, 0) is 43.7 Å². The highest BCUT2D eigenvalue weighted by Gasteiger charge is 2.21. The molecule has 1 aliphatic rings. The predicted molar refractivity (Wildman–Crippen MR) is 114 cm³/mol. The fourth-order valence-corrected chi connectivity index (χ4v) is 2.90. The Balaban J connectivity index is 1.44. The first kappa shape index (κ1) is 21.3. The second-order valence-corrected chi connectivity index (χ2v) is 7.14. The van der Waals surface area contributed by atoms with Crippen LogP contribution in [0.25, 0.3) is 0 Å². The van der Waals surface area contributed by atoms with Gasteiger partial charge in [-0.15, -0.1) is 0 Å². The van der Waals surface area contributed by atoms with E-state index in [2.05, 4.69) is 15.8 Å². The normalized spacial score (nSPS) is 14.6. The van der Waals surface area contributed by atoms with Gasteiger partial charge in [-0.2, -0.15) is 0 Å². The highest BCUT2D eigenvalue weighted by Crippen LogP contribution is 2.15. The molecule has 2 N–H and O–H groups in total. The number of urea groups is 1. The Bertz CT molecular complexity index is 923. The lowest BCUT2D eigenvalue weighted by atomic mass is 10.1. The van der Waals surface area contributed by atoms with Gasteiger partial charge >= 0.3 is 6.03 Å². The number of carbonyl (C=O) groups excluding carboxylic acids is 2. The number of hydrogen-bond acceptors (Lipinski definition) is 4. The second kappa shape index (κ2) is 9.87. The van der Waals surface area contributed by atoms with E-state index >= 15 is 0 Å². The van der Waals surface area contributed by atoms with Crippen LogP contribution in [-0.4, -0.2) is 41.7 Å². The number of aryl methyl sites for hydroxylation is 1. The first-order valence-corrected chi connectivity index (χ1v) is 9.82. The number of nitrogens with zero attached hydrogens (tertiary/aromatic N) is 2. The molecule has 1 saturated heterocycles. The summed E-state index contributed by atoms with van der Waals surface area (Å²) < 4.78 is 13.6. The topological polar surface area (TPSA) is 83.0 Å². The summed E-state index contributed by atoms with van der Waals surface area (Å²) in [6.07, 6.45) is 0.306. The second-order valence-electron chi connectivity index (χ2n) is 7.14. The van der Waals surface area contributed by atoms with Gasteiger partial charge in [0.15, 0.2) is 0 Å². The first-order valence-electron chi connectivity index (χ1n) is 9.82. The minimum absolute atomic E-state index is 0.153. The number of nitrogens with one attached hydrogen (secondary N) is 2. The fraction of sp³-hybridized carbons (Fsp3) is 0.318. The molecular formula is C22H25FN4O3. The maximum absolute atomic E-state index is 13.6. The molecule has 0 spiro atoms. The quantitative estimate of drug-likeness (QED) is 0.724. The number of anilines is 2. The Labute approximate surface area is 174 Å². The van der Waals surface area contributed by atoms with Crippen LogP contribution < -0.4 is 10.6 Å². The van der Waals surface area contributed by atoms with Crippen LogP contribution in [0.4, 0.5) is 20.6 Å². The summed E-state index contributed by atoms with van der Waals surface area (Å²) in [5, 5.41) is 9.55. The number of halogens is 1. The zero-order chi connectivity index (χ0) is 21.5. The van der Waals surface area contributed by atoms with Crippen molar-refractivity contribution in [3.8, 4) is 0 Å². The average molecular weight is 412 g/mol. The maximum Gasteiger partial charge on any atom is 0.321 e. The molecule has 0 saturated carbocycles. The summed E-state index contributed by atoms with van der Waals surface area (Å²) in [5.74, 6) is -0.799. The average Bonchev–Trinajstić information content (AvgIpc) is 2.75. The van der Waals surface area contributed by atoms with Crippen LogP contribution in [0.15, 0.2) is 53.7 Å². The number of rotatable bonds is 5. The van der Waals surface area contributed by atoms with Gasteiger partial charge in [-0.25, -0.2) is 9.18 Å². The van der Waals surface area contributed by atoms with E-state index < -0.39 is 12.0 Å². The Kier molecular flexibility index (Phi) is 7.00. The minimum atomic E-state index is -0.832. The lowest BCUT2D eigenvalue weighted by molar-refractivity contribution is -0.126. The number of likely N-dealkylation sites (tertiary alicyclic amines) is 1. The van der Waals surface area contributed by atoms with Crippen molar-refractivity contribution in [1.82, 2.24) is 4.90 Å². The largest absolute Gasteiger partial charge is 0.383 e. The molecule has 1 aliphatic heterocycles. The molecular weight excluding hydrogens is 387 g/mol. The molecule has 3 rings (SSSR count). The van der Waals surface area contributed by atoms with Gasteiger partial charge in [-0.1, -0.05) is 29.4 Å². The van der Waals surface area contributed by atoms with Crippen LogP contribution in [0.3, 0.4) is 0 Å². The first-order chi connectivity index (χ1) is 14.4. The van der Waals surface area contributed by atoms with Crippen LogP contribution in [0.5, 0.6) is 0 Å².